The van der Waals surface area contributed by atoms with E-state index in [1.54, 1.807) is 0 Å². The van der Waals surface area contributed by atoms with Gasteiger partial charge in [0.25, 0.3) is 6.01 Å². The molecule has 1 saturated heterocycles. The van der Waals surface area contributed by atoms with Crippen molar-refractivity contribution in [2.75, 3.05) is 29.9 Å². The van der Waals surface area contributed by atoms with E-state index in [4.69, 9.17) is 4.42 Å². The van der Waals surface area contributed by atoms with Gasteiger partial charge in [-0.15, -0.1) is 24.8 Å². The molecule has 1 aliphatic heterocycles. The maximum Gasteiger partial charge on any atom is 0.298 e. The zero-order chi connectivity index (χ0) is 19.3. The smallest absolute Gasteiger partial charge is 0.298 e. The molecule has 6 nitrogen and oxygen atoms in total. The number of carbonyl (C=O) groups excluding carboxylic acids is 1. The van der Waals surface area contributed by atoms with E-state index in [1.165, 1.54) is 0 Å². The Bertz CT molecular complexity index is 922. The van der Waals surface area contributed by atoms with Gasteiger partial charge in [-0.2, -0.15) is 4.98 Å². The second kappa shape index (κ2) is 11.2. The van der Waals surface area contributed by atoms with Crippen LogP contribution in [0.1, 0.15) is 25.3 Å². The Morgan fingerprint density at radius 1 is 1.10 bits per heavy atom. The third-order valence-corrected chi connectivity index (χ3v) is 5.26. The highest BCUT2D eigenvalue weighted by molar-refractivity contribution is 5.93. The van der Waals surface area contributed by atoms with Gasteiger partial charge in [-0.1, -0.05) is 37.3 Å². The monoisotopic (exact) mass is 450 g/mol. The largest absolute Gasteiger partial charge is 0.423 e. The fourth-order valence-corrected chi connectivity index (χ4v) is 3.62. The second-order valence-corrected chi connectivity index (χ2v) is 7.15. The summed E-state index contributed by atoms with van der Waals surface area (Å²) >= 11 is 0. The number of rotatable bonds is 6. The fourth-order valence-electron chi connectivity index (χ4n) is 3.62. The molecule has 0 aliphatic carbocycles. The molecule has 2 N–H and O–H groups in total. The van der Waals surface area contributed by atoms with E-state index < -0.39 is 0 Å². The number of amides is 1. The molecule has 1 amide bonds. The first-order valence-electron chi connectivity index (χ1n) is 9.94. The molecule has 1 fully saturated rings. The second-order valence-electron chi connectivity index (χ2n) is 7.15. The summed E-state index contributed by atoms with van der Waals surface area (Å²) in [7, 11) is 0. The van der Waals surface area contributed by atoms with E-state index in [0.717, 1.165) is 61.4 Å². The highest BCUT2D eigenvalue weighted by Gasteiger charge is 2.27. The molecule has 1 aromatic heterocycles. The van der Waals surface area contributed by atoms with Crippen LogP contribution in [0.5, 0.6) is 0 Å². The number of aromatic nitrogens is 1. The summed E-state index contributed by atoms with van der Waals surface area (Å²) < 4.78 is 5.86. The molecule has 2 heterocycles. The van der Waals surface area contributed by atoms with Gasteiger partial charge in [-0.3, -0.25) is 4.79 Å². The van der Waals surface area contributed by atoms with Gasteiger partial charge in [0.2, 0.25) is 5.91 Å². The van der Waals surface area contributed by atoms with Crippen LogP contribution in [0.3, 0.4) is 0 Å². The summed E-state index contributed by atoms with van der Waals surface area (Å²) in [6.45, 7) is 5.26. The SMILES string of the molecule is CCNCc1ccccc1NC(=O)C1CCN(c2nc3ccccc3o2)CC1.Cl.Cl. The molecule has 4 rings (SSSR count). The fraction of sp³-hybridized carbons (Fsp3) is 0.364. The van der Waals surface area contributed by atoms with E-state index >= 15 is 0 Å². The lowest BCUT2D eigenvalue weighted by molar-refractivity contribution is -0.120. The number of nitrogens with zero attached hydrogens (tertiary/aromatic N) is 2. The molecule has 0 bridgehead atoms. The molecule has 0 atom stereocenters. The standard InChI is InChI=1S/C22H26N4O2.2ClH/c1-2-23-15-17-7-3-4-8-18(17)24-21(27)16-11-13-26(14-12-16)22-25-19-9-5-6-10-20(19)28-22;;/h3-10,16,23H,2,11-15H2,1H3,(H,24,27);2*1H. The lowest BCUT2D eigenvalue weighted by atomic mass is 9.96. The van der Waals surface area contributed by atoms with Crippen LogP contribution in [0.2, 0.25) is 0 Å². The molecule has 0 radical (unpaired) electrons. The quantitative estimate of drug-likeness (QED) is 0.572. The van der Waals surface area contributed by atoms with Crippen LogP contribution in [0.4, 0.5) is 11.7 Å². The number of fused-ring (bicyclic) bond motifs is 1. The molecule has 0 spiro atoms. The van der Waals surface area contributed by atoms with Crippen LogP contribution in [0.25, 0.3) is 11.1 Å². The van der Waals surface area contributed by atoms with Crippen LogP contribution >= 0.6 is 24.8 Å². The van der Waals surface area contributed by atoms with Gasteiger partial charge in [0, 0.05) is 31.2 Å². The summed E-state index contributed by atoms with van der Waals surface area (Å²) in [6, 6.07) is 16.4. The molecule has 2 aromatic carbocycles. The topological polar surface area (TPSA) is 70.4 Å². The van der Waals surface area contributed by atoms with E-state index in [-0.39, 0.29) is 36.6 Å². The molecular weight excluding hydrogens is 423 g/mol. The average Bonchev–Trinajstić information content (AvgIpc) is 3.17. The van der Waals surface area contributed by atoms with Gasteiger partial charge >= 0.3 is 0 Å². The molecule has 162 valence electrons. The Balaban J connectivity index is 0.00000160. The van der Waals surface area contributed by atoms with Gasteiger partial charge < -0.3 is 20.0 Å². The predicted molar refractivity (Wildman–Crippen MR) is 126 cm³/mol. The number of para-hydroxylation sites is 3. The lowest BCUT2D eigenvalue weighted by Crippen LogP contribution is -2.38. The minimum Gasteiger partial charge on any atom is -0.423 e. The zero-order valence-electron chi connectivity index (χ0n) is 17.0. The van der Waals surface area contributed by atoms with Gasteiger partial charge in [0.1, 0.15) is 5.52 Å². The number of nitrogens with one attached hydrogen (secondary N) is 2. The van der Waals surface area contributed by atoms with E-state index in [1.807, 2.05) is 48.5 Å². The molecule has 8 heteroatoms. The van der Waals surface area contributed by atoms with Crippen LogP contribution in [-0.2, 0) is 11.3 Å². The Hall–Kier alpha value is -2.28. The summed E-state index contributed by atoms with van der Waals surface area (Å²) in [4.78, 5) is 19.5. The number of benzene rings is 2. The first kappa shape index (κ1) is 24.0. The van der Waals surface area contributed by atoms with Crippen molar-refractivity contribution in [2.45, 2.75) is 26.3 Å². The highest BCUT2D eigenvalue weighted by atomic mass is 35.5. The third kappa shape index (κ3) is 5.45. The first-order valence-corrected chi connectivity index (χ1v) is 9.94. The summed E-state index contributed by atoms with van der Waals surface area (Å²) in [5.41, 5.74) is 3.68. The molecular formula is C22H28Cl2N4O2. The van der Waals surface area contributed by atoms with Crippen LogP contribution in [0.15, 0.2) is 52.9 Å². The Kier molecular flexibility index (Phi) is 8.96. The molecule has 30 heavy (non-hydrogen) atoms. The zero-order valence-corrected chi connectivity index (χ0v) is 18.6. The number of hydrogen-bond donors (Lipinski definition) is 2. The molecule has 1 aliphatic rings. The highest BCUT2D eigenvalue weighted by Crippen LogP contribution is 2.27. The van der Waals surface area contributed by atoms with Crippen molar-refractivity contribution in [3.8, 4) is 0 Å². The summed E-state index contributed by atoms with van der Waals surface area (Å²) in [6.07, 6.45) is 1.58. The lowest BCUT2D eigenvalue weighted by Gasteiger charge is -2.30. The van der Waals surface area contributed by atoms with E-state index in [9.17, 15) is 4.79 Å². The van der Waals surface area contributed by atoms with Crippen molar-refractivity contribution < 1.29 is 9.21 Å². The maximum atomic E-state index is 12.8. The van der Waals surface area contributed by atoms with E-state index in [0.29, 0.717) is 6.01 Å². The number of piperidine rings is 1. The normalized spacial score (nSPS) is 14.1. The summed E-state index contributed by atoms with van der Waals surface area (Å²) in [5.74, 6) is 0.106. The molecule has 3 aromatic rings. The number of anilines is 2. The maximum absolute atomic E-state index is 12.8. The van der Waals surface area contributed by atoms with Crippen molar-refractivity contribution >= 4 is 53.5 Å². The third-order valence-electron chi connectivity index (χ3n) is 5.26. The van der Waals surface area contributed by atoms with Crippen LogP contribution in [0, 0.1) is 5.92 Å². The number of halogens is 2. The van der Waals surface area contributed by atoms with Crippen molar-refractivity contribution in [1.82, 2.24) is 10.3 Å². The van der Waals surface area contributed by atoms with Gasteiger partial charge in [-0.05, 0) is 43.1 Å². The first-order chi connectivity index (χ1) is 13.7. The van der Waals surface area contributed by atoms with Crippen molar-refractivity contribution in [2.24, 2.45) is 5.92 Å². The van der Waals surface area contributed by atoms with E-state index in [2.05, 4.69) is 27.4 Å². The number of hydrogen-bond acceptors (Lipinski definition) is 5. The van der Waals surface area contributed by atoms with Crippen LogP contribution < -0.4 is 15.5 Å². The van der Waals surface area contributed by atoms with Gasteiger partial charge in [0.05, 0.1) is 0 Å². The number of oxazole rings is 1. The average molecular weight is 451 g/mol. The van der Waals surface area contributed by atoms with Gasteiger partial charge in [0.15, 0.2) is 5.58 Å². The minimum absolute atomic E-state index is 0. The van der Waals surface area contributed by atoms with Gasteiger partial charge in [-0.25, -0.2) is 0 Å². The molecule has 0 saturated carbocycles. The molecule has 0 unspecified atom stereocenters. The van der Waals surface area contributed by atoms with Crippen molar-refractivity contribution in [3.05, 3.63) is 54.1 Å². The Morgan fingerprint density at radius 2 is 1.80 bits per heavy atom. The van der Waals surface area contributed by atoms with Crippen molar-refractivity contribution in [3.63, 3.8) is 0 Å². The predicted octanol–water partition coefficient (Wildman–Crippen LogP) is 4.64. The van der Waals surface area contributed by atoms with Crippen LogP contribution in [-0.4, -0.2) is 30.5 Å². The minimum atomic E-state index is 0. The Labute approximate surface area is 189 Å². The van der Waals surface area contributed by atoms with Crippen molar-refractivity contribution in [1.29, 1.82) is 0 Å². The Morgan fingerprint density at radius 3 is 2.53 bits per heavy atom. The summed E-state index contributed by atoms with van der Waals surface area (Å²) in [5, 5.41) is 6.45. The number of carbonyl (C=O) groups is 1.